The molecular weight excluding hydrogens is 648 g/mol. The van der Waals surface area contributed by atoms with Crippen molar-refractivity contribution in [3.05, 3.63) is 12.7 Å². The van der Waals surface area contributed by atoms with Crippen LogP contribution in [0, 0.1) is 28.1 Å². The Labute approximate surface area is 294 Å². The molecule has 0 radical (unpaired) electrons. The van der Waals surface area contributed by atoms with E-state index in [1.807, 2.05) is 41.5 Å². The molecule has 13 nitrogen and oxygen atoms in total. The summed E-state index contributed by atoms with van der Waals surface area (Å²) in [5.74, 6) is -3.05. The molecule has 4 N–H and O–H groups in total. The molecule has 1 aliphatic carbocycles. The fourth-order valence-corrected chi connectivity index (χ4v) is 8.49. The lowest BCUT2D eigenvalue weighted by Gasteiger charge is -2.39. The van der Waals surface area contributed by atoms with Gasteiger partial charge in [-0.25, -0.2) is 13.2 Å². The molecule has 6 atom stereocenters. The largest absolute Gasteiger partial charge is 0.346 e. The summed E-state index contributed by atoms with van der Waals surface area (Å²) in [5, 5.41) is 10.9. The SMILES string of the molecule is C=CCNC(=O)C(=O)C(CCC)NC(=O)[C@@H]1C2C(CN1C(=O)[C@@H](NC(=O)N[C@H](CS(=O)(=O)N(C)C(C)(C)C)C(C)(C)C)C(C)(C)C)C2(C)C. The molecule has 2 fully saturated rings. The maximum Gasteiger partial charge on any atom is 0.315 e. The molecule has 2 rings (SSSR count). The minimum Gasteiger partial charge on any atom is -0.346 e. The number of urea groups is 1. The molecule has 5 amide bonds. The van der Waals surface area contributed by atoms with Crippen molar-refractivity contribution in [2.24, 2.45) is 28.1 Å². The molecule has 1 saturated heterocycles. The van der Waals surface area contributed by atoms with Gasteiger partial charge in [-0.3, -0.25) is 19.2 Å². The summed E-state index contributed by atoms with van der Waals surface area (Å²) in [7, 11) is -2.26. The van der Waals surface area contributed by atoms with E-state index in [2.05, 4.69) is 27.8 Å². The smallest absolute Gasteiger partial charge is 0.315 e. The molecule has 14 heteroatoms. The first-order valence-corrected chi connectivity index (χ1v) is 18.8. The normalized spacial score (nSPS) is 22.3. The van der Waals surface area contributed by atoms with Gasteiger partial charge in [0.2, 0.25) is 27.6 Å². The molecule has 280 valence electrons. The predicted molar refractivity (Wildman–Crippen MR) is 191 cm³/mol. The fraction of sp³-hybridized carbons (Fsp3) is 0.800. The molecule has 0 aromatic carbocycles. The van der Waals surface area contributed by atoms with Crippen LogP contribution >= 0.6 is 0 Å². The summed E-state index contributed by atoms with van der Waals surface area (Å²) in [5.41, 5.74) is -2.33. The molecule has 0 aromatic rings. The number of carbonyl (C=O) groups excluding carboxylic acids is 5. The van der Waals surface area contributed by atoms with E-state index in [1.165, 1.54) is 22.3 Å². The Morgan fingerprint density at radius 2 is 1.53 bits per heavy atom. The highest BCUT2D eigenvalue weighted by Gasteiger charge is 2.70. The third-order valence-electron chi connectivity index (χ3n) is 10.1. The molecule has 3 unspecified atom stereocenters. The van der Waals surface area contributed by atoms with Crippen LogP contribution in [0.2, 0.25) is 0 Å². The third-order valence-corrected chi connectivity index (χ3v) is 12.2. The van der Waals surface area contributed by atoms with E-state index in [9.17, 15) is 32.4 Å². The van der Waals surface area contributed by atoms with Gasteiger partial charge in [-0.05, 0) is 55.3 Å². The average molecular weight is 711 g/mol. The third kappa shape index (κ3) is 10.0. The van der Waals surface area contributed by atoms with Crippen molar-refractivity contribution in [1.29, 1.82) is 0 Å². The minimum absolute atomic E-state index is 0.0353. The molecule has 2 aliphatic rings. The van der Waals surface area contributed by atoms with Gasteiger partial charge in [0.15, 0.2) is 0 Å². The minimum atomic E-state index is -3.77. The molecular formula is C35H62N6O7S. The number of amides is 5. The standard InChI is InChI=1S/C35H62N6O7S/c1-15-17-22(26(42)29(44)36-18-16-2)37-28(43)25-24-21(35(24,12)13)19-41(25)30(45)27(33(6,7)8)39-31(46)38-23(32(3,4)5)20-49(47,48)40(14)34(9,10)11/h16,21-25,27H,2,15,17-20H2,1,3-14H3,(H,36,44)(H,37,43)(H2,38,39,46)/t21?,22?,23-,24?,25+,27-/m1/s1. The lowest BCUT2D eigenvalue weighted by molar-refractivity contribution is -0.145. The van der Waals surface area contributed by atoms with Crippen molar-refractivity contribution < 1.29 is 32.4 Å². The van der Waals surface area contributed by atoms with Crippen LogP contribution in [0.15, 0.2) is 12.7 Å². The Kier molecular flexibility index (Phi) is 13.0. The molecule has 49 heavy (non-hydrogen) atoms. The molecule has 0 spiro atoms. The predicted octanol–water partition coefficient (Wildman–Crippen LogP) is 2.81. The topological polar surface area (TPSA) is 174 Å². The van der Waals surface area contributed by atoms with Crippen molar-refractivity contribution in [2.75, 3.05) is 25.9 Å². The van der Waals surface area contributed by atoms with Gasteiger partial charge in [0.25, 0.3) is 5.91 Å². The first-order chi connectivity index (χ1) is 22.1. The summed E-state index contributed by atoms with van der Waals surface area (Å²) in [6.07, 6.45) is 2.23. The number of rotatable bonds is 14. The van der Waals surface area contributed by atoms with Crippen molar-refractivity contribution in [1.82, 2.24) is 30.5 Å². The van der Waals surface area contributed by atoms with Crippen LogP contribution in [0.5, 0.6) is 0 Å². The maximum absolute atomic E-state index is 14.4. The second-order valence-electron chi connectivity index (χ2n) is 17.4. The van der Waals surface area contributed by atoms with E-state index in [0.29, 0.717) is 13.0 Å². The summed E-state index contributed by atoms with van der Waals surface area (Å²) in [6, 6.07) is -4.55. The van der Waals surface area contributed by atoms with Gasteiger partial charge >= 0.3 is 6.03 Å². The van der Waals surface area contributed by atoms with Crippen LogP contribution in [-0.2, 0) is 29.2 Å². The van der Waals surface area contributed by atoms with Crippen molar-refractivity contribution >= 4 is 39.6 Å². The number of fused-ring (bicyclic) bond motifs is 1. The summed E-state index contributed by atoms with van der Waals surface area (Å²) in [4.78, 5) is 68.8. The van der Waals surface area contributed by atoms with Gasteiger partial charge in [0.1, 0.15) is 12.1 Å². The van der Waals surface area contributed by atoms with E-state index in [4.69, 9.17) is 0 Å². The number of carbonyl (C=O) groups is 5. The molecule has 0 bridgehead atoms. The molecule has 1 heterocycles. The summed E-state index contributed by atoms with van der Waals surface area (Å²) < 4.78 is 27.9. The first-order valence-electron chi connectivity index (χ1n) is 17.2. The number of nitrogens with one attached hydrogen (secondary N) is 4. The average Bonchev–Trinajstić information content (AvgIpc) is 3.26. The van der Waals surface area contributed by atoms with Gasteiger partial charge in [-0.2, -0.15) is 4.31 Å². The second-order valence-corrected chi connectivity index (χ2v) is 19.4. The second kappa shape index (κ2) is 15.1. The fourth-order valence-electron chi connectivity index (χ4n) is 6.43. The number of hydrogen-bond acceptors (Lipinski definition) is 7. The molecule has 0 aromatic heterocycles. The van der Waals surface area contributed by atoms with E-state index < -0.39 is 80.1 Å². The van der Waals surface area contributed by atoms with Gasteiger partial charge in [0.05, 0.1) is 17.8 Å². The Balaban J connectivity index is 2.35. The van der Waals surface area contributed by atoms with E-state index in [1.54, 1.807) is 41.5 Å². The van der Waals surface area contributed by atoms with Crippen molar-refractivity contribution in [3.8, 4) is 0 Å². The highest BCUT2D eigenvalue weighted by molar-refractivity contribution is 7.89. The Hall–Kier alpha value is -3.00. The van der Waals surface area contributed by atoms with Crippen molar-refractivity contribution in [3.63, 3.8) is 0 Å². The summed E-state index contributed by atoms with van der Waals surface area (Å²) >= 11 is 0. The zero-order valence-corrected chi connectivity index (χ0v) is 32.8. The van der Waals surface area contributed by atoms with Crippen LogP contribution in [0.1, 0.15) is 95.9 Å². The van der Waals surface area contributed by atoms with E-state index >= 15 is 0 Å². The van der Waals surface area contributed by atoms with Gasteiger partial charge < -0.3 is 26.2 Å². The Morgan fingerprint density at radius 3 is 2.00 bits per heavy atom. The Morgan fingerprint density at radius 1 is 0.959 bits per heavy atom. The van der Waals surface area contributed by atoms with Crippen LogP contribution in [0.4, 0.5) is 4.79 Å². The number of ketones is 1. The number of likely N-dealkylation sites (tertiary alicyclic amines) is 1. The van der Waals surface area contributed by atoms with E-state index in [-0.39, 0.29) is 36.0 Å². The molecule has 1 aliphatic heterocycles. The molecule has 1 saturated carbocycles. The highest BCUT2D eigenvalue weighted by Crippen LogP contribution is 2.65. The van der Waals surface area contributed by atoms with Crippen molar-refractivity contribution in [2.45, 2.75) is 126 Å². The van der Waals surface area contributed by atoms with Crippen LogP contribution in [0.3, 0.4) is 0 Å². The lowest BCUT2D eigenvalue weighted by atomic mass is 9.85. The van der Waals surface area contributed by atoms with E-state index in [0.717, 1.165) is 0 Å². The number of Topliss-reactive ketones (excluding diaryl/α,β-unsaturated/α-hetero) is 1. The maximum atomic E-state index is 14.4. The zero-order valence-electron chi connectivity index (χ0n) is 31.9. The van der Waals surface area contributed by atoms with Gasteiger partial charge in [-0.1, -0.05) is 74.8 Å². The van der Waals surface area contributed by atoms with Gasteiger partial charge in [-0.15, -0.1) is 6.58 Å². The van der Waals surface area contributed by atoms with Gasteiger partial charge in [0, 0.05) is 25.7 Å². The number of piperidine rings is 1. The highest BCUT2D eigenvalue weighted by atomic mass is 32.2. The Bertz CT molecular complexity index is 1390. The monoisotopic (exact) mass is 710 g/mol. The number of nitrogens with zero attached hydrogens (tertiary/aromatic N) is 2. The first kappa shape index (κ1) is 42.2. The number of sulfonamides is 1. The lowest BCUT2D eigenvalue weighted by Crippen LogP contribution is -2.62. The quantitative estimate of drug-likeness (QED) is 0.158. The number of hydrogen-bond donors (Lipinski definition) is 4. The van der Waals surface area contributed by atoms with Crippen LogP contribution < -0.4 is 21.3 Å². The van der Waals surface area contributed by atoms with Crippen LogP contribution in [0.25, 0.3) is 0 Å². The van der Waals surface area contributed by atoms with Crippen LogP contribution in [-0.4, -0.2) is 103 Å². The zero-order chi connectivity index (χ0) is 38.1. The summed E-state index contributed by atoms with van der Waals surface area (Å²) in [6.45, 7) is 26.1.